The minimum atomic E-state index is -2.37. The number of hydrogen-bond donors (Lipinski definition) is 0. The molecule has 0 fully saturated rings. The Morgan fingerprint density at radius 2 is 0.731 bits per heavy atom. The average Bonchev–Trinajstić information content (AvgIpc) is 2.29. The lowest BCUT2D eigenvalue weighted by atomic mass is 9.66. The van der Waals surface area contributed by atoms with E-state index >= 15 is 0 Å². The highest BCUT2D eigenvalue weighted by atomic mass is 35.6. The van der Waals surface area contributed by atoms with Gasteiger partial charge in [-0.25, -0.2) is 0 Å². The van der Waals surface area contributed by atoms with Crippen molar-refractivity contribution in [1.82, 2.24) is 0 Å². The van der Waals surface area contributed by atoms with Crippen molar-refractivity contribution in [2.45, 2.75) is 74.2 Å². The van der Waals surface area contributed by atoms with Crippen LogP contribution in [0.5, 0.6) is 0 Å². The van der Waals surface area contributed by atoms with Crippen LogP contribution in [0.15, 0.2) is 0 Å². The molecular weight excluding hydrogens is 469 g/mol. The molecule has 0 spiro atoms. The van der Waals surface area contributed by atoms with Crippen LogP contribution in [0.4, 0.5) is 0 Å². The fraction of sp³-hybridized carbons (Fsp3) is 0.875. The number of halogens is 6. The first-order chi connectivity index (χ1) is 11.0. The van der Waals surface area contributed by atoms with Crippen LogP contribution < -0.4 is 0 Å². The van der Waals surface area contributed by atoms with Gasteiger partial charge >= 0.3 is 11.9 Å². The number of ether oxygens (including phenoxy) is 2. The third-order valence-electron chi connectivity index (χ3n) is 3.75. The molecule has 4 nitrogen and oxygen atoms in total. The molecule has 0 rings (SSSR count). The van der Waals surface area contributed by atoms with Crippen LogP contribution in [0.2, 0.25) is 0 Å². The smallest absolute Gasteiger partial charge is 0.318 e. The van der Waals surface area contributed by atoms with Crippen molar-refractivity contribution in [1.29, 1.82) is 0 Å². The van der Waals surface area contributed by atoms with Crippen molar-refractivity contribution in [2.75, 3.05) is 0 Å². The fourth-order valence-corrected chi connectivity index (χ4v) is 3.56. The summed E-state index contributed by atoms with van der Waals surface area (Å²) in [5, 5.41) is 0. The van der Waals surface area contributed by atoms with Gasteiger partial charge in [0.05, 0.1) is 0 Å². The highest BCUT2D eigenvalue weighted by molar-refractivity contribution is 6.71. The van der Waals surface area contributed by atoms with Crippen molar-refractivity contribution in [3.63, 3.8) is 0 Å². The molecule has 10 heteroatoms. The van der Waals surface area contributed by atoms with Crippen LogP contribution in [-0.4, -0.2) is 30.7 Å². The molecule has 154 valence electrons. The molecule has 0 N–H and O–H groups in total. The predicted molar refractivity (Wildman–Crippen MR) is 108 cm³/mol. The Hall–Kier alpha value is 0.680. The summed E-state index contributed by atoms with van der Waals surface area (Å²) in [7, 11) is 0. The Balaban J connectivity index is 6.70. The summed E-state index contributed by atoms with van der Waals surface area (Å²) in [5.41, 5.74) is -6.30. The second kappa shape index (κ2) is 7.84. The first-order valence-electron chi connectivity index (χ1n) is 7.61. The normalized spacial score (nSPS) is 18.5. The standard InChI is InChI=1S/C16H24Cl6O4/c1-11(2,3)25-9(23)13(7,15(17,18)19)14(8,16(20,21)22)10(24)26-12(4,5)6/h1-8H3. The molecule has 0 amide bonds. The molecule has 0 aromatic heterocycles. The molecule has 0 aliphatic heterocycles. The van der Waals surface area contributed by atoms with Gasteiger partial charge in [0, 0.05) is 0 Å². The van der Waals surface area contributed by atoms with E-state index < -0.39 is 41.6 Å². The number of alkyl halides is 6. The third kappa shape index (κ3) is 5.61. The molecule has 0 aliphatic carbocycles. The summed E-state index contributed by atoms with van der Waals surface area (Å²) in [4.78, 5) is 26.1. The molecular formula is C16H24Cl6O4. The van der Waals surface area contributed by atoms with E-state index in [1.807, 2.05) is 0 Å². The van der Waals surface area contributed by atoms with E-state index in [0.717, 1.165) is 0 Å². The van der Waals surface area contributed by atoms with Crippen LogP contribution in [0.1, 0.15) is 55.4 Å². The van der Waals surface area contributed by atoms with Crippen LogP contribution in [-0.2, 0) is 19.1 Å². The van der Waals surface area contributed by atoms with Gasteiger partial charge in [-0.15, -0.1) is 0 Å². The van der Waals surface area contributed by atoms with E-state index in [9.17, 15) is 9.59 Å². The largest absolute Gasteiger partial charge is 0.459 e. The minimum Gasteiger partial charge on any atom is -0.459 e. The minimum absolute atomic E-state index is 0.948. The van der Waals surface area contributed by atoms with Gasteiger partial charge in [-0.2, -0.15) is 0 Å². The topological polar surface area (TPSA) is 52.6 Å². The van der Waals surface area contributed by atoms with Gasteiger partial charge in [-0.1, -0.05) is 69.6 Å². The maximum Gasteiger partial charge on any atom is 0.318 e. The summed E-state index contributed by atoms with van der Waals surface area (Å²) in [6.07, 6.45) is 0. The number of rotatable bonds is 3. The van der Waals surface area contributed by atoms with E-state index in [1.54, 1.807) is 41.5 Å². The maximum atomic E-state index is 13.0. The number of esters is 2. The lowest BCUT2D eigenvalue weighted by molar-refractivity contribution is -0.191. The van der Waals surface area contributed by atoms with Gasteiger partial charge in [-0.05, 0) is 55.4 Å². The van der Waals surface area contributed by atoms with Crippen LogP contribution in [0, 0.1) is 10.8 Å². The summed E-state index contributed by atoms with van der Waals surface area (Å²) >= 11 is 36.7. The molecule has 0 aromatic carbocycles. The molecule has 2 atom stereocenters. The Bertz CT molecular complexity index is 503. The third-order valence-corrected chi connectivity index (χ3v) is 6.02. The van der Waals surface area contributed by atoms with Crippen LogP contribution in [0.3, 0.4) is 0 Å². The second-order valence-corrected chi connectivity index (χ2v) is 12.8. The van der Waals surface area contributed by atoms with E-state index in [-0.39, 0.29) is 0 Å². The quantitative estimate of drug-likeness (QED) is 0.337. The Morgan fingerprint density at radius 1 is 0.538 bits per heavy atom. The number of carbonyl (C=O) groups excluding carboxylic acids is 2. The molecule has 0 bridgehead atoms. The van der Waals surface area contributed by atoms with E-state index in [2.05, 4.69) is 0 Å². The average molecular weight is 493 g/mol. The van der Waals surface area contributed by atoms with Gasteiger partial charge < -0.3 is 9.47 Å². The summed E-state index contributed by atoms with van der Waals surface area (Å²) in [5.74, 6) is -2.05. The monoisotopic (exact) mass is 490 g/mol. The molecule has 2 unspecified atom stereocenters. The fourth-order valence-electron chi connectivity index (χ4n) is 1.97. The highest BCUT2D eigenvalue weighted by Gasteiger charge is 2.74. The zero-order valence-electron chi connectivity index (χ0n) is 15.9. The van der Waals surface area contributed by atoms with Crippen LogP contribution >= 0.6 is 69.6 Å². The van der Waals surface area contributed by atoms with Crippen molar-refractivity contribution in [3.8, 4) is 0 Å². The molecule has 0 saturated carbocycles. The Labute approximate surface area is 185 Å². The van der Waals surface area contributed by atoms with Crippen molar-refractivity contribution in [3.05, 3.63) is 0 Å². The zero-order chi connectivity index (χ0) is 21.6. The lowest BCUT2D eigenvalue weighted by Crippen LogP contribution is -2.63. The van der Waals surface area contributed by atoms with Gasteiger partial charge in [0.25, 0.3) is 0 Å². The Morgan fingerprint density at radius 3 is 0.846 bits per heavy atom. The summed E-state index contributed by atoms with van der Waals surface area (Å²) in [6, 6.07) is 0. The van der Waals surface area contributed by atoms with Crippen molar-refractivity contribution < 1.29 is 19.1 Å². The number of hydrogen-bond acceptors (Lipinski definition) is 4. The molecule has 0 aliphatic rings. The SMILES string of the molecule is CC(C)(C)OC(=O)C(C)(C(Cl)(Cl)Cl)C(C)(C(=O)OC(C)(C)C)C(Cl)(Cl)Cl. The Kier molecular flexibility index (Phi) is 8.04. The summed E-state index contributed by atoms with van der Waals surface area (Å²) < 4.78 is 6.01. The van der Waals surface area contributed by atoms with Gasteiger partial charge in [0.15, 0.2) is 0 Å². The van der Waals surface area contributed by atoms with Crippen molar-refractivity contribution in [2.24, 2.45) is 10.8 Å². The molecule has 0 aromatic rings. The van der Waals surface area contributed by atoms with Crippen molar-refractivity contribution >= 4 is 81.5 Å². The first-order valence-corrected chi connectivity index (χ1v) is 9.88. The van der Waals surface area contributed by atoms with Gasteiger partial charge in [0.1, 0.15) is 22.0 Å². The molecule has 26 heavy (non-hydrogen) atoms. The highest BCUT2D eigenvalue weighted by Crippen LogP contribution is 2.64. The molecule has 0 saturated heterocycles. The second-order valence-electron chi connectivity index (χ2n) is 8.25. The zero-order valence-corrected chi connectivity index (χ0v) is 20.4. The first kappa shape index (κ1) is 26.7. The predicted octanol–water partition coefficient (Wildman–Crippen LogP) is 6.42. The summed E-state index contributed by atoms with van der Waals surface area (Å²) in [6.45, 7) is 12.1. The van der Waals surface area contributed by atoms with Gasteiger partial charge in [0.2, 0.25) is 7.59 Å². The van der Waals surface area contributed by atoms with Crippen LogP contribution in [0.25, 0.3) is 0 Å². The van der Waals surface area contributed by atoms with E-state index in [1.165, 1.54) is 13.8 Å². The van der Waals surface area contributed by atoms with E-state index in [4.69, 9.17) is 79.1 Å². The van der Waals surface area contributed by atoms with Gasteiger partial charge in [-0.3, -0.25) is 9.59 Å². The molecule has 0 heterocycles. The number of carbonyl (C=O) groups is 2. The van der Waals surface area contributed by atoms with E-state index in [0.29, 0.717) is 0 Å². The molecule has 0 radical (unpaired) electrons. The maximum absolute atomic E-state index is 13.0. The lowest BCUT2D eigenvalue weighted by Gasteiger charge is -2.50.